The Hall–Kier alpha value is -1.11. The van der Waals surface area contributed by atoms with Crippen molar-refractivity contribution >= 4 is 28.4 Å². The molecule has 2 atom stereocenters. The molecular weight excluding hydrogens is 377 g/mol. The van der Waals surface area contributed by atoms with E-state index < -0.39 is 0 Å². The van der Waals surface area contributed by atoms with Crippen molar-refractivity contribution in [3.05, 3.63) is 27.2 Å². The number of anilines is 1. The fourth-order valence-corrected chi connectivity index (χ4v) is 3.00. The Labute approximate surface area is 138 Å². The van der Waals surface area contributed by atoms with Gasteiger partial charge in [-0.15, -0.1) is 0 Å². The Morgan fingerprint density at radius 2 is 2.10 bits per heavy atom. The van der Waals surface area contributed by atoms with Gasteiger partial charge in [-0.1, -0.05) is 20.8 Å². The molecule has 4 nitrogen and oxygen atoms in total. The van der Waals surface area contributed by atoms with Crippen LogP contribution in [0.2, 0.25) is 0 Å². The van der Waals surface area contributed by atoms with Crippen LogP contribution in [0, 0.1) is 15.4 Å². The summed E-state index contributed by atoms with van der Waals surface area (Å²) in [5, 5.41) is 0. The molecule has 2 heterocycles. The van der Waals surface area contributed by atoms with Crippen molar-refractivity contribution in [3.63, 3.8) is 0 Å². The lowest BCUT2D eigenvalue weighted by molar-refractivity contribution is 0.514. The fraction of sp³-hybridized carbons (Fsp3) is 0.500. The number of nitrogens with zero attached hydrogens (tertiary/aromatic N) is 2. The predicted octanol–water partition coefficient (Wildman–Crippen LogP) is 4.25. The maximum atomic E-state index is 6.04. The Morgan fingerprint density at radius 1 is 1.38 bits per heavy atom. The highest BCUT2D eigenvalue weighted by molar-refractivity contribution is 14.1. The van der Waals surface area contributed by atoms with Crippen LogP contribution < -0.4 is 5.73 Å². The number of furan rings is 1. The van der Waals surface area contributed by atoms with E-state index in [9.17, 15) is 0 Å². The zero-order valence-corrected chi connectivity index (χ0v) is 14.7. The Bertz CT molecular complexity index is 666. The molecule has 1 aliphatic carbocycles. The van der Waals surface area contributed by atoms with E-state index in [4.69, 9.17) is 10.2 Å². The Kier molecular flexibility index (Phi) is 3.94. The van der Waals surface area contributed by atoms with Gasteiger partial charge < -0.3 is 10.2 Å². The summed E-state index contributed by atoms with van der Waals surface area (Å²) in [6.45, 7) is 6.59. The summed E-state index contributed by atoms with van der Waals surface area (Å²) in [4.78, 5) is 9.05. The topological polar surface area (TPSA) is 64.9 Å². The molecule has 0 saturated heterocycles. The Balaban J connectivity index is 1.94. The first-order chi connectivity index (χ1) is 9.95. The van der Waals surface area contributed by atoms with Crippen LogP contribution in [0.1, 0.15) is 44.6 Å². The fourth-order valence-electron chi connectivity index (χ4n) is 2.54. The zero-order chi connectivity index (χ0) is 15.1. The van der Waals surface area contributed by atoms with E-state index in [1.165, 1.54) is 6.42 Å². The molecule has 5 heteroatoms. The van der Waals surface area contributed by atoms with Gasteiger partial charge in [-0.25, -0.2) is 9.97 Å². The van der Waals surface area contributed by atoms with Gasteiger partial charge in [0.05, 0.1) is 9.26 Å². The largest absolute Gasteiger partial charge is 0.457 e. The Morgan fingerprint density at radius 3 is 2.71 bits per heavy atom. The van der Waals surface area contributed by atoms with Crippen molar-refractivity contribution < 1.29 is 4.42 Å². The number of nitrogens with two attached hydrogens (primary N) is 1. The van der Waals surface area contributed by atoms with Gasteiger partial charge in [0.1, 0.15) is 11.6 Å². The van der Waals surface area contributed by atoms with Crippen LogP contribution in [0.3, 0.4) is 0 Å². The van der Waals surface area contributed by atoms with E-state index in [0.717, 1.165) is 33.1 Å². The summed E-state index contributed by atoms with van der Waals surface area (Å²) in [6.07, 6.45) is 2.10. The summed E-state index contributed by atoms with van der Waals surface area (Å²) < 4.78 is 6.89. The molecule has 112 valence electrons. The maximum Gasteiger partial charge on any atom is 0.197 e. The molecule has 3 rings (SSSR count). The second-order valence-electron chi connectivity index (χ2n) is 6.31. The van der Waals surface area contributed by atoms with Crippen molar-refractivity contribution in [1.29, 1.82) is 0 Å². The van der Waals surface area contributed by atoms with Crippen molar-refractivity contribution in [2.75, 3.05) is 5.73 Å². The second kappa shape index (κ2) is 5.59. The molecule has 0 bridgehead atoms. The van der Waals surface area contributed by atoms with Crippen LogP contribution in [0.15, 0.2) is 16.5 Å². The number of aromatic nitrogens is 2. The molecule has 0 spiro atoms. The lowest BCUT2D eigenvalue weighted by atomic mass is 10.1. The molecule has 1 fully saturated rings. The minimum atomic E-state index is 0.528. The average Bonchev–Trinajstić information content (AvgIpc) is 2.96. The third-order valence-electron chi connectivity index (χ3n) is 3.87. The lowest BCUT2D eigenvalue weighted by Crippen LogP contribution is -2.07. The number of hydrogen-bond donors (Lipinski definition) is 1. The van der Waals surface area contributed by atoms with Gasteiger partial charge in [0.15, 0.2) is 11.6 Å². The normalized spacial score (nSPS) is 21.0. The molecule has 0 radical (unpaired) electrons. The van der Waals surface area contributed by atoms with Crippen LogP contribution in [0.5, 0.6) is 0 Å². The highest BCUT2D eigenvalue weighted by atomic mass is 127. The molecule has 21 heavy (non-hydrogen) atoms. The van der Waals surface area contributed by atoms with Crippen LogP contribution in [-0.4, -0.2) is 9.97 Å². The summed E-state index contributed by atoms with van der Waals surface area (Å²) in [6, 6.07) is 4.00. The van der Waals surface area contributed by atoms with E-state index in [1.54, 1.807) is 0 Å². The summed E-state index contributed by atoms with van der Waals surface area (Å²) >= 11 is 2.22. The minimum absolute atomic E-state index is 0.528. The van der Waals surface area contributed by atoms with E-state index in [1.807, 2.05) is 12.1 Å². The minimum Gasteiger partial charge on any atom is -0.457 e. The first kappa shape index (κ1) is 14.8. The number of halogens is 1. The molecule has 2 unspecified atom stereocenters. The van der Waals surface area contributed by atoms with Gasteiger partial charge in [0.25, 0.3) is 0 Å². The highest BCUT2D eigenvalue weighted by Gasteiger charge is 2.36. The lowest BCUT2D eigenvalue weighted by Gasteiger charge is -2.09. The zero-order valence-electron chi connectivity index (χ0n) is 12.6. The van der Waals surface area contributed by atoms with Crippen LogP contribution in [0.4, 0.5) is 5.82 Å². The van der Waals surface area contributed by atoms with Crippen LogP contribution in [-0.2, 0) is 6.42 Å². The first-order valence-corrected chi connectivity index (χ1v) is 8.45. The van der Waals surface area contributed by atoms with E-state index >= 15 is 0 Å². The predicted molar refractivity (Wildman–Crippen MR) is 91.9 cm³/mol. The van der Waals surface area contributed by atoms with Gasteiger partial charge in [-0.05, 0) is 59.4 Å². The second-order valence-corrected chi connectivity index (χ2v) is 7.39. The van der Waals surface area contributed by atoms with Crippen molar-refractivity contribution in [3.8, 4) is 11.6 Å². The molecule has 2 aromatic rings. The van der Waals surface area contributed by atoms with Gasteiger partial charge in [0.2, 0.25) is 0 Å². The summed E-state index contributed by atoms with van der Waals surface area (Å²) in [5.74, 6) is 4.72. The third kappa shape index (κ3) is 3.07. The molecule has 0 amide bonds. The monoisotopic (exact) mass is 397 g/mol. The molecule has 2 N–H and O–H groups in total. The maximum absolute atomic E-state index is 6.04. The molecule has 1 aliphatic rings. The highest BCUT2D eigenvalue weighted by Crippen LogP contribution is 2.47. The van der Waals surface area contributed by atoms with Crippen molar-refractivity contribution in [2.24, 2.45) is 11.8 Å². The average molecular weight is 397 g/mol. The molecule has 2 aromatic heterocycles. The molecule has 0 aliphatic heterocycles. The van der Waals surface area contributed by atoms with Gasteiger partial charge in [-0.2, -0.15) is 0 Å². The molecule has 1 saturated carbocycles. The summed E-state index contributed by atoms with van der Waals surface area (Å²) in [7, 11) is 0. The number of nitrogen functional groups attached to an aromatic ring is 1. The quantitative estimate of drug-likeness (QED) is 0.784. The third-order valence-corrected chi connectivity index (χ3v) is 5.04. The standard InChI is InChI=1S/C16H20IN3O/c1-8(2)6-11-14(17)15(18)20-16(19-11)13-5-4-12(21-13)10-7-9(10)3/h4-5,8-10H,6-7H2,1-3H3,(H2,18,19,20). The first-order valence-electron chi connectivity index (χ1n) is 7.37. The van der Waals surface area contributed by atoms with Gasteiger partial charge in [0, 0.05) is 5.92 Å². The number of rotatable bonds is 4. The van der Waals surface area contributed by atoms with E-state index in [-0.39, 0.29) is 0 Å². The van der Waals surface area contributed by atoms with Crippen molar-refractivity contribution in [2.45, 2.75) is 39.5 Å². The van der Waals surface area contributed by atoms with E-state index in [2.05, 4.69) is 53.3 Å². The molecular formula is C16H20IN3O. The molecule has 0 aromatic carbocycles. The van der Waals surface area contributed by atoms with Crippen LogP contribution >= 0.6 is 22.6 Å². The van der Waals surface area contributed by atoms with Gasteiger partial charge >= 0.3 is 0 Å². The number of hydrogen-bond acceptors (Lipinski definition) is 4. The van der Waals surface area contributed by atoms with Crippen LogP contribution in [0.25, 0.3) is 11.6 Å². The van der Waals surface area contributed by atoms with Crippen molar-refractivity contribution in [1.82, 2.24) is 9.97 Å². The summed E-state index contributed by atoms with van der Waals surface area (Å²) in [5.41, 5.74) is 7.04. The SMILES string of the molecule is CC(C)Cc1nc(-c2ccc(C3CC3C)o2)nc(N)c1I. The van der Waals surface area contributed by atoms with Gasteiger partial charge in [-0.3, -0.25) is 0 Å². The smallest absolute Gasteiger partial charge is 0.197 e. The van der Waals surface area contributed by atoms with E-state index in [0.29, 0.717) is 23.5 Å².